The molecule has 2 heterocycles. The summed E-state index contributed by atoms with van der Waals surface area (Å²) in [6, 6.07) is 8.35. The lowest BCUT2D eigenvalue weighted by atomic mass is 10.3. The van der Waals surface area contributed by atoms with E-state index >= 15 is 0 Å². The Balaban J connectivity index is 2.32. The van der Waals surface area contributed by atoms with Crippen molar-refractivity contribution in [2.75, 3.05) is 12.3 Å². The number of nitrogens with two attached hydrogens (primary N) is 1. The Morgan fingerprint density at radius 2 is 2.05 bits per heavy atom. The predicted octanol–water partition coefficient (Wildman–Crippen LogP) is 1.58. The number of rotatable bonds is 5. The van der Waals surface area contributed by atoms with Gasteiger partial charge >= 0.3 is 0 Å². The molecule has 21 heavy (non-hydrogen) atoms. The molecule has 0 saturated carbocycles. The summed E-state index contributed by atoms with van der Waals surface area (Å²) in [4.78, 5) is 8.30. The SMILES string of the molecule is CCN(Cc1cccc(C)n1)S(=O)(=O)c1ccnc(N)c1. The molecular formula is C14H18N4O2S. The number of hydrogen-bond donors (Lipinski definition) is 1. The van der Waals surface area contributed by atoms with Gasteiger partial charge in [0.05, 0.1) is 17.1 Å². The van der Waals surface area contributed by atoms with Gasteiger partial charge in [0.25, 0.3) is 0 Å². The molecule has 0 aliphatic carbocycles. The van der Waals surface area contributed by atoms with Gasteiger partial charge in [-0.3, -0.25) is 4.98 Å². The molecule has 0 aliphatic heterocycles. The van der Waals surface area contributed by atoms with Crippen LogP contribution in [0.5, 0.6) is 0 Å². The quantitative estimate of drug-likeness (QED) is 0.906. The molecule has 6 nitrogen and oxygen atoms in total. The van der Waals surface area contributed by atoms with Crippen molar-refractivity contribution in [1.29, 1.82) is 0 Å². The van der Waals surface area contributed by atoms with Gasteiger partial charge in [0, 0.05) is 24.5 Å². The van der Waals surface area contributed by atoms with Crippen LogP contribution in [0.2, 0.25) is 0 Å². The molecule has 0 radical (unpaired) electrons. The molecule has 0 saturated heterocycles. The van der Waals surface area contributed by atoms with E-state index in [4.69, 9.17) is 5.73 Å². The molecule has 0 bridgehead atoms. The van der Waals surface area contributed by atoms with Crippen LogP contribution in [0, 0.1) is 6.92 Å². The molecule has 0 atom stereocenters. The van der Waals surface area contributed by atoms with Crippen molar-refractivity contribution < 1.29 is 8.42 Å². The summed E-state index contributed by atoms with van der Waals surface area (Å²) in [5.74, 6) is 0.181. The first-order valence-electron chi connectivity index (χ1n) is 6.57. The van der Waals surface area contributed by atoms with Crippen LogP contribution in [0.25, 0.3) is 0 Å². The highest BCUT2D eigenvalue weighted by atomic mass is 32.2. The van der Waals surface area contributed by atoms with Crippen LogP contribution < -0.4 is 5.73 Å². The summed E-state index contributed by atoms with van der Waals surface area (Å²) in [5.41, 5.74) is 7.13. The third-order valence-electron chi connectivity index (χ3n) is 3.03. The monoisotopic (exact) mass is 306 g/mol. The van der Waals surface area contributed by atoms with E-state index in [1.54, 1.807) is 6.92 Å². The average Bonchev–Trinajstić information content (AvgIpc) is 2.44. The fraction of sp³-hybridized carbons (Fsp3) is 0.286. The molecule has 0 aromatic carbocycles. The molecular weight excluding hydrogens is 288 g/mol. The third kappa shape index (κ3) is 3.56. The molecule has 112 valence electrons. The Bertz CT molecular complexity index is 731. The van der Waals surface area contributed by atoms with Crippen LogP contribution in [-0.4, -0.2) is 29.2 Å². The molecule has 0 aliphatic rings. The largest absolute Gasteiger partial charge is 0.384 e. The van der Waals surface area contributed by atoms with E-state index in [1.807, 2.05) is 25.1 Å². The number of hydrogen-bond acceptors (Lipinski definition) is 5. The van der Waals surface area contributed by atoms with Gasteiger partial charge in [-0.1, -0.05) is 13.0 Å². The Hall–Kier alpha value is -1.99. The molecule has 2 rings (SSSR count). The molecule has 0 amide bonds. The van der Waals surface area contributed by atoms with E-state index in [1.165, 1.54) is 22.6 Å². The van der Waals surface area contributed by atoms with Crippen LogP contribution in [0.4, 0.5) is 5.82 Å². The summed E-state index contributed by atoms with van der Waals surface area (Å²) >= 11 is 0. The predicted molar refractivity (Wildman–Crippen MR) is 80.9 cm³/mol. The minimum Gasteiger partial charge on any atom is -0.384 e. The fourth-order valence-corrected chi connectivity index (χ4v) is 3.42. The lowest BCUT2D eigenvalue weighted by Gasteiger charge is -2.20. The van der Waals surface area contributed by atoms with Crippen molar-refractivity contribution in [2.24, 2.45) is 0 Å². The number of nitrogens with zero attached hydrogens (tertiary/aromatic N) is 3. The van der Waals surface area contributed by atoms with Gasteiger partial charge in [0.15, 0.2) is 0 Å². The van der Waals surface area contributed by atoms with E-state index in [-0.39, 0.29) is 17.3 Å². The molecule has 0 unspecified atom stereocenters. The highest BCUT2D eigenvalue weighted by Gasteiger charge is 2.24. The second-order valence-electron chi connectivity index (χ2n) is 4.62. The summed E-state index contributed by atoms with van der Waals surface area (Å²) < 4.78 is 26.6. The first-order chi connectivity index (χ1) is 9.93. The normalized spacial score (nSPS) is 11.8. The summed E-state index contributed by atoms with van der Waals surface area (Å²) in [6.07, 6.45) is 1.39. The Labute approximate surface area is 124 Å². The van der Waals surface area contributed by atoms with E-state index < -0.39 is 10.0 Å². The third-order valence-corrected chi connectivity index (χ3v) is 4.94. The van der Waals surface area contributed by atoms with Gasteiger partial charge in [-0.2, -0.15) is 4.31 Å². The number of sulfonamides is 1. The van der Waals surface area contributed by atoms with Gasteiger partial charge in [0.2, 0.25) is 10.0 Å². The van der Waals surface area contributed by atoms with Crippen LogP contribution in [0.3, 0.4) is 0 Å². The zero-order valence-corrected chi connectivity index (χ0v) is 12.8. The highest BCUT2D eigenvalue weighted by molar-refractivity contribution is 7.89. The number of aryl methyl sites for hydroxylation is 1. The van der Waals surface area contributed by atoms with Crippen molar-refractivity contribution in [2.45, 2.75) is 25.3 Å². The standard InChI is InChI=1S/C14H18N4O2S/c1-3-18(10-12-6-4-5-11(2)17-12)21(19,20)13-7-8-16-14(15)9-13/h4-9H,3,10H2,1-2H3,(H2,15,16). The average molecular weight is 306 g/mol. The smallest absolute Gasteiger partial charge is 0.243 e. The minimum atomic E-state index is -3.61. The zero-order chi connectivity index (χ0) is 15.5. The summed E-state index contributed by atoms with van der Waals surface area (Å²) in [7, 11) is -3.61. The van der Waals surface area contributed by atoms with Crippen LogP contribution in [-0.2, 0) is 16.6 Å². The van der Waals surface area contributed by atoms with Gasteiger partial charge in [0.1, 0.15) is 5.82 Å². The van der Waals surface area contributed by atoms with E-state index in [0.29, 0.717) is 12.2 Å². The van der Waals surface area contributed by atoms with E-state index in [9.17, 15) is 8.42 Å². The highest BCUT2D eigenvalue weighted by Crippen LogP contribution is 2.18. The second kappa shape index (κ2) is 6.19. The van der Waals surface area contributed by atoms with Crippen LogP contribution in [0.1, 0.15) is 18.3 Å². The molecule has 2 aromatic rings. The number of nitrogen functional groups attached to an aromatic ring is 1. The lowest BCUT2D eigenvalue weighted by molar-refractivity contribution is 0.418. The second-order valence-corrected chi connectivity index (χ2v) is 6.56. The number of anilines is 1. The van der Waals surface area contributed by atoms with E-state index in [0.717, 1.165) is 5.69 Å². The van der Waals surface area contributed by atoms with Crippen LogP contribution in [0.15, 0.2) is 41.4 Å². The van der Waals surface area contributed by atoms with Gasteiger partial charge in [-0.25, -0.2) is 13.4 Å². The van der Waals surface area contributed by atoms with Crippen molar-refractivity contribution in [3.05, 3.63) is 47.9 Å². The number of pyridine rings is 2. The Kier molecular flexibility index (Phi) is 4.54. The first kappa shape index (κ1) is 15.4. The Morgan fingerprint density at radius 1 is 1.29 bits per heavy atom. The van der Waals surface area contributed by atoms with Crippen molar-refractivity contribution in [3.63, 3.8) is 0 Å². The zero-order valence-electron chi connectivity index (χ0n) is 12.0. The molecule has 0 fully saturated rings. The molecule has 2 N–H and O–H groups in total. The summed E-state index contributed by atoms with van der Waals surface area (Å²) in [5, 5.41) is 0. The van der Waals surface area contributed by atoms with Crippen molar-refractivity contribution in [1.82, 2.24) is 14.3 Å². The maximum absolute atomic E-state index is 12.6. The summed E-state index contributed by atoms with van der Waals surface area (Å²) in [6.45, 7) is 4.23. The molecule has 0 spiro atoms. The van der Waals surface area contributed by atoms with Crippen LogP contribution >= 0.6 is 0 Å². The lowest BCUT2D eigenvalue weighted by Crippen LogP contribution is -2.31. The topological polar surface area (TPSA) is 89.2 Å². The maximum atomic E-state index is 12.6. The van der Waals surface area contributed by atoms with Gasteiger partial charge in [-0.15, -0.1) is 0 Å². The molecule has 7 heteroatoms. The first-order valence-corrected chi connectivity index (χ1v) is 8.01. The van der Waals surface area contributed by atoms with Crippen molar-refractivity contribution >= 4 is 15.8 Å². The minimum absolute atomic E-state index is 0.143. The molecule has 2 aromatic heterocycles. The maximum Gasteiger partial charge on any atom is 0.243 e. The Morgan fingerprint density at radius 3 is 2.67 bits per heavy atom. The fourth-order valence-electron chi connectivity index (χ4n) is 1.97. The van der Waals surface area contributed by atoms with Crippen molar-refractivity contribution in [3.8, 4) is 0 Å². The van der Waals surface area contributed by atoms with Gasteiger partial charge in [-0.05, 0) is 25.1 Å². The van der Waals surface area contributed by atoms with Gasteiger partial charge < -0.3 is 5.73 Å². The number of aromatic nitrogens is 2. The van der Waals surface area contributed by atoms with E-state index in [2.05, 4.69) is 9.97 Å².